The van der Waals surface area contributed by atoms with Crippen molar-refractivity contribution in [2.75, 3.05) is 11.5 Å². The molecule has 3 rings (SSSR count). The average Bonchev–Trinajstić information content (AvgIpc) is 3.16. The molecule has 171 valence electrons. The maximum absolute atomic E-state index is 10.2. The number of nitrogens with two attached hydrogens (primary N) is 2. The molecule has 0 unspecified atom stereocenters. The Morgan fingerprint density at radius 2 is 1.10 bits per heavy atom. The number of carbonyl (C=O) groups is 2. The molecule has 15 N–H and O–H groups in total. The Balaban J connectivity index is -0.000000116. The van der Waals surface area contributed by atoms with E-state index in [4.69, 9.17) is 11.5 Å². The number of pyridine rings is 1. The van der Waals surface area contributed by atoms with Crippen LogP contribution in [0.25, 0.3) is 11.4 Å². The monoisotopic (exact) mass is 513 g/mol. The van der Waals surface area contributed by atoms with Crippen LogP contribution < -0.4 is 21.7 Å². The molecular formula is C13H20CoN5O9S2+. The van der Waals surface area contributed by atoms with Crippen LogP contribution in [0.5, 0.6) is 0 Å². The molecule has 3 aromatic heterocycles. The smallest absolute Gasteiger partial charge is 0.543 e. The van der Waals surface area contributed by atoms with Crippen molar-refractivity contribution in [2.45, 2.75) is 0 Å². The van der Waals surface area contributed by atoms with Gasteiger partial charge in [-0.25, -0.2) is 15.0 Å². The number of carbonyl (C=O) groups excluding carboxylic acids is 2. The summed E-state index contributed by atoms with van der Waals surface area (Å²) < 4.78 is 0. The summed E-state index contributed by atoms with van der Waals surface area (Å²) in [6.07, 6.45) is 0. The summed E-state index contributed by atoms with van der Waals surface area (Å²) in [5, 5.41) is 25.2. The minimum absolute atomic E-state index is 0. The fourth-order valence-corrected chi connectivity index (χ4v) is 2.59. The molecule has 0 bridgehead atoms. The van der Waals surface area contributed by atoms with Gasteiger partial charge in [0, 0.05) is 10.8 Å². The number of hydrogen-bond donors (Lipinski definition) is 2. The molecule has 0 aliphatic carbocycles. The van der Waals surface area contributed by atoms with Gasteiger partial charge >= 0.3 is 16.8 Å². The number of nitrogen functional groups attached to an aromatic ring is 2. The molecule has 3 aromatic rings. The molecule has 0 amide bonds. The first-order chi connectivity index (χ1) is 11.4. The predicted molar refractivity (Wildman–Crippen MR) is 104 cm³/mol. The first-order valence-corrected chi connectivity index (χ1v) is 7.95. The van der Waals surface area contributed by atoms with Crippen molar-refractivity contribution in [1.82, 2.24) is 15.0 Å². The van der Waals surface area contributed by atoms with Crippen molar-refractivity contribution in [1.29, 1.82) is 0 Å². The number of nitrogens with zero attached hydrogens (tertiary/aromatic N) is 3. The maximum atomic E-state index is 10.2. The van der Waals surface area contributed by atoms with Crippen LogP contribution in [0.1, 0.15) is 21.0 Å². The van der Waals surface area contributed by atoms with Crippen molar-refractivity contribution >= 4 is 44.9 Å². The zero-order valence-corrected chi connectivity index (χ0v) is 17.4. The van der Waals surface area contributed by atoms with Gasteiger partial charge in [-0.1, -0.05) is 6.07 Å². The molecule has 14 nitrogen and oxygen atoms in total. The van der Waals surface area contributed by atoms with Gasteiger partial charge in [0.05, 0.1) is 23.3 Å². The summed E-state index contributed by atoms with van der Waals surface area (Å²) in [5.74, 6) is -3.03. The van der Waals surface area contributed by atoms with Gasteiger partial charge in [0.2, 0.25) is 0 Å². The van der Waals surface area contributed by atoms with E-state index in [2.05, 4.69) is 15.0 Å². The Kier molecular flexibility index (Phi) is 21.7. The second-order valence-corrected chi connectivity index (χ2v) is 5.90. The van der Waals surface area contributed by atoms with E-state index in [1.165, 1.54) is 28.7 Å². The number of aromatic carboxylic acids is 2. The van der Waals surface area contributed by atoms with Gasteiger partial charge in [0.1, 0.15) is 11.4 Å². The minimum atomic E-state index is -1.52. The third-order valence-corrected chi connectivity index (χ3v) is 3.82. The summed E-state index contributed by atoms with van der Waals surface area (Å²) in [4.78, 5) is 31.8. The average molecular weight is 513 g/mol. The summed E-state index contributed by atoms with van der Waals surface area (Å²) in [6.45, 7) is 0. The standard InChI is InChI=1S/C7H5NO4.C6H6N4S2.Co.5H2O/c9-6(10)4-2-1-3-5(8-4)7(11)12;7-5-9-3(1-11-5)4-2-12-6(8)10-4;;;;;;/h1-3H,(H,9,10)(H,11,12);1-2H,(H2,7,9)(H2,8,10);;5*1H2/q;;+2;;;;;/p-1. The Hall–Kier alpha value is -2.74. The van der Waals surface area contributed by atoms with Gasteiger partial charge in [-0.2, -0.15) is 0 Å². The number of thiazole rings is 2. The van der Waals surface area contributed by atoms with E-state index in [-0.39, 0.29) is 44.2 Å². The van der Waals surface area contributed by atoms with Crippen LogP contribution >= 0.6 is 22.7 Å². The van der Waals surface area contributed by atoms with Crippen molar-refractivity contribution in [3.63, 3.8) is 0 Å². The zero-order valence-electron chi connectivity index (χ0n) is 14.7. The SMILES string of the molecule is Nc1nc(-c2csc(N)n2)cs1.O.O.O.O.O=C([O-])c1cccc(C(=O)[O-])n1.[Co+2].[OH3+]. The summed E-state index contributed by atoms with van der Waals surface area (Å²) in [5.41, 5.74) is 11.7. The number of carboxylic acids is 2. The predicted octanol–water partition coefficient (Wildman–Crippen LogP) is -4.98. The third-order valence-electron chi connectivity index (χ3n) is 2.47. The quantitative estimate of drug-likeness (QED) is 0.316. The maximum Gasteiger partial charge on any atom is 2.00 e. The van der Waals surface area contributed by atoms with Gasteiger partial charge in [-0.15, -0.1) is 22.7 Å². The van der Waals surface area contributed by atoms with Gasteiger partial charge in [-0.05, 0) is 12.1 Å². The van der Waals surface area contributed by atoms with Gasteiger partial charge < -0.3 is 58.7 Å². The number of hydrogen-bond acceptors (Lipinski definition) is 11. The molecule has 0 aliphatic heterocycles. The number of anilines is 2. The van der Waals surface area contributed by atoms with E-state index in [1.807, 2.05) is 10.8 Å². The molecule has 30 heavy (non-hydrogen) atoms. The summed E-state index contributed by atoms with van der Waals surface area (Å²) in [7, 11) is 0. The van der Waals surface area contributed by atoms with Crippen LogP contribution in [0.15, 0.2) is 29.0 Å². The molecule has 17 heteroatoms. The molecule has 0 aromatic carbocycles. The molecule has 0 spiro atoms. The minimum Gasteiger partial charge on any atom is -0.543 e. The van der Waals surface area contributed by atoms with Crippen LogP contribution in [-0.2, 0) is 22.3 Å². The molecule has 0 saturated heterocycles. The molecule has 1 radical (unpaired) electrons. The van der Waals surface area contributed by atoms with Crippen molar-refractivity contribution in [2.24, 2.45) is 0 Å². The fraction of sp³-hybridized carbons (Fsp3) is 0. The zero-order chi connectivity index (χ0) is 17.7. The molecule has 0 fully saturated rings. The van der Waals surface area contributed by atoms with E-state index in [1.54, 1.807) is 0 Å². The third kappa shape index (κ3) is 10.7. The second kappa shape index (κ2) is 17.1. The van der Waals surface area contributed by atoms with Crippen molar-refractivity contribution in [3.8, 4) is 11.4 Å². The summed E-state index contributed by atoms with van der Waals surface area (Å²) >= 11 is 2.80. The molecule has 0 atom stereocenters. The van der Waals surface area contributed by atoms with Gasteiger partial charge in [0.25, 0.3) is 0 Å². The molecule has 3 heterocycles. The number of rotatable bonds is 3. The van der Waals surface area contributed by atoms with Crippen LogP contribution in [-0.4, -0.2) is 48.8 Å². The van der Waals surface area contributed by atoms with E-state index in [0.717, 1.165) is 23.5 Å². The first kappa shape index (κ1) is 37.9. The van der Waals surface area contributed by atoms with E-state index in [0.29, 0.717) is 10.3 Å². The number of carboxylic acid groups (broad SMARTS) is 2. The van der Waals surface area contributed by atoms with Crippen molar-refractivity contribution in [3.05, 3.63) is 40.3 Å². The van der Waals surface area contributed by atoms with Crippen LogP contribution in [0.3, 0.4) is 0 Å². The van der Waals surface area contributed by atoms with Crippen molar-refractivity contribution < 1.29 is 64.0 Å². The van der Waals surface area contributed by atoms with Crippen LogP contribution in [0.2, 0.25) is 0 Å². The molecule has 0 aliphatic rings. The second-order valence-electron chi connectivity index (χ2n) is 4.12. The molecular weight excluding hydrogens is 493 g/mol. The van der Waals surface area contributed by atoms with E-state index in [9.17, 15) is 19.8 Å². The Morgan fingerprint density at radius 1 is 0.767 bits per heavy atom. The van der Waals surface area contributed by atoms with Crippen LogP contribution in [0.4, 0.5) is 10.3 Å². The Morgan fingerprint density at radius 3 is 1.33 bits per heavy atom. The van der Waals surface area contributed by atoms with Crippen LogP contribution in [0, 0.1) is 0 Å². The molecule has 0 saturated carbocycles. The largest absolute Gasteiger partial charge is 2.00 e. The Bertz CT molecular complexity index is 826. The topological polar surface area (TPSA) is 330 Å². The number of aromatic nitrogens is 3. The van der Waals surface area contributed by atoms with E-state index < -0.39 is 23.3 Å². The van der Waals surface area contributed by atoms with Gasteiger partial charge in [0.15, 0.2) is 10.3 Å². The Labute approximate surface area is 187 Å². The normalized spacial score (nSPS) is 7.87. The fourth-order valence-electron chi connectivity index (χ4n) is 1.47. The first-order valence-electron chi connectivity index (χ1n) is 6.19. The van der Waals surface area contributed by atoms with Gasteiger partial charge in [-0.3, -0.25) is 0 Å². The van der Waals surface area contributed by atoms with E-state index >= 15 is 0 Å². The summed E-state index contributed by atoms with van der Waals surface area (Å²) in [6, 6.07) is 3.53.